The number of nitrogens with one attached hydrogen (secondary N) is 1. The molecular formula is C16H25BrClN. The molecular weight excluding hydrogens is 322 g/mol. The van der Waals surface area contributed by atoms with Crippen molar-refractivity contribution < 1.29 is 0 Å². The van der Waals surface area contributed by atoms with E-state index in [0.29, 0.717) is 12.0 Å². The zero-order valence-electron chi connectivity index (χ0n) is 12.6. The first-order chi connectivity index (χ1) is 8.74. The van der Waals surface area contributed by atoms with Crippen molar-refractivity contribution in [2.45, 2.75) is 47.1 Å². The van der Waals surface area contributed by atoms with Crippen molar-refractivity contribution in [3.05, 3.63) is 33.3 Å². The van der Waals surface area contributed by atoms with E-state index in [2.05, 4.69) is 68.0 Å². The monoisotopic (exact) mass is 345 g/mol. The van der Waals surface area contributed by atoms with Gasteiger partial charge in [-0.1, -0.05) is 68.2 Å². The van der Waals surface area contributed by atoms with Gasteiger partial charge in [0.15, 0.2) is 0 Å². The van der Waals surface area contributed by atoms with Crippen molar-refractivity contribution >= 4 is 27.5 Å². The highest BCUT2D eigenvalue weighted by molar-refractivity contribution is 9.10. The molecule has 0 aliphatic carbocycles. The van der Waals surface area contributed by atoms with Gasteiger partial charge in [-0.05, 0) is 35.4 Å². The highest BCUT2D eigenvalue weighted by Crippen LogP contribution is 2.34. The summed E-state index contributed by atoms with van der Waals surface area (Å²) in [4.78, 5) is 0. The van der Waals surface area contributed by atoms with E-state index in [0.717, 1.165) is 22.5 Å². The van der Waals surface area contributed by atoms with Crippen LogP contribution in [-0.2, 0) is 6.42 Å². The molecule has 0 saturated heterocycles. The van der Waals surface area contributed by atoms with Gasteiger partial charge in [-0.15, -0.1) is 0 Å². The topological polar surface area (TPSA) is 12.0 Å². The van der Waals surface area contributed by atoms with E-state index < -0.39 is 0 Å². The molecule has 0 fully saturated rings. The number of rotatable bonds is 6. The van der Waals surface area contributed by atoms with Crippen LogP contribution < -0.4 is 5.32 Å². The molecule has 0 spiro atoms. The van der Waals surface area contributed by atoms with Gasteiger partial charge >= 0.3 is 0 Å². The average Bonchev–Trinajstić information content (AvgIpc) is 2.30. The first-order valence-electron chi connectivity index (χ1n) is 6.92. The number of hydrogen-bond donors (Lipinski definition) is 1. The minimum Gasteiger partial charge on any atom is -0.314 e. The number of benzene rings is 1. The number of halogens is 2. The van der Waals surface area contributed by atoms with Crippen LogP contribution in [0, 0.1) is 11.3 Å². The predicted molar refractivity (Wildman–Crippen MR) is 88.9 cm³/mol. The Hall–Kier alpha value is -0.0500. The third-order valence-electron chi connectivity index (χ3n) is 3.92. The van der Waals surface area contributed by atoms with E-state index in [9.17, 15) is 0 Å². The van der Waals surface area contributed by atoms with Gasteiger partial charge in [0.25, 0.3) is 0 Å². The second kappa shape index (κ2) is 7.10. The second-order valence-corrected chi connectivity index (χ2v) is 7.58. The summed E-state index contributed by atoms with van der Waals surface area (Å²) in [6, 6.07) is 6.69. The Balaban J connectivity index is 2.88. The first-order valence-corrected chi connectivity index (χ1v) is 8.09. The highest BCUT2D eigenvalue weighted by Gasteiger charge is 2.29. The van der Waals surface area contributed by atoms with Crippen molar-refractivity contribution in [3.63, 3.8) is 0 Å². The average molecular weight is 347 g/mol. The van der Waals surface area contributed by atoms with E-state index in [4.69, 9.17) is 11.6 Å². The lowest BCUT2D eigenvalue weighted by Gasteiger charge is -2.35. The molecule has 1 N–H and O–H groups in total. The van der Waals surface area contributed by atoms with E-state index in [1.165, 1.54) is 5.56 Å². The molecule has 1 atom stereocenters. The third-order valence-corrected chi connectivity index (χ3v) is 4.76. The van der Waals surface area contributed by atoms with E-state index in [1.54, 1.807) is 0 Å². The van der Waals surface area contributed by atoms with Crippen LogP contribution in [-0.4, -0.2) is 12.6 Å². The van der Waals surface area contributed by atoms with Gasteiger partial charge < -0.3 is 5.32 Å². The third kappa shape index (κ3) is 5.09. The van der Waals surface area contributed by atoms with Crippen LogP contribution >= 0.6 is 27.5 Å². The van der Waals surface area contributed by atoms with E-state index in [-0.39, 0.29) is 5.41 Å². The van der Waals surface area contributed by atoms with Gasteiger partial charge in [0.05, 0.1) is 0 Å². The molecule has 19 heavy (non-hydrogen) atoms. The minimum absolute atomic E-state index is 0.210. The Bertz CT molecular complexity index is 417. The Morgan fingerprint density at radius 1 is 1.26 bits per heavy atom. The van der Waals surface area contributed by atoms with Crippen LogP contribution in [0.1, 0.15) is 40.2 Å². The summed E-state index contributed by atoms with van der Waals surface area (Å²) >= 11 is 9.81. The molecule has 1 unspecified atom stereocenters. The molecule has 1 rings (SSSR count). The smallest absolute Gasteiger partial charge is 0.0449 e. The summed E-state index contributed by atoms with van der Waals surface area (Å²) < 4.78 is 1.04. The second-order valence-electron chi connectivity index (χ2n) is 6.26. The van der Waals surface area contributed by atoms with Crippen LogP contribution in [0.5, 0.6) is 0 Å². The quantitative estimate of drug-likeness (QED) is 0.736. The van der Waals surface area contributed by atoms with Gasteiger partial charge in [-0.3, -0.25) is 0 Å². The standard InChI is InChI=1S/C16H25BrClN/c1-11(2)16(5,10-19-12(3)4)9-13-6-7-14(17)8-15(13)18/h6-8,11-12,19H,9-10H2,1-5H3. The lowest BCUT2D eigenvalue weighted by molar-refractivity contribution is 0.202. The lowest BCUT2D eigenvalue weighted by Crippen LogP contribution is -2.40. The van der Waals surface area contributed by atoms with Gasteiger partial charge in [0.1, 0.15) is 0 Å². The van der Waals surface area contributed by atoms with Crippen molar-refractivity contribution in [1.29, 1.82) is 0 Å². The summed E-state index contributed by atoms with van der Waals surface area (Å²) in [5, 5.41) is 4.42. The fraction of sp³-hybridized carbons (Fsp3) is 0.625. The predicted octanol–water partition coefficient (Wildman–Crippen LogP) is 5.31. The molecule has 0 aliphatic rings. The normalized spacial score (nSPS) is 15.0. The van der Waals surface area contributed by atoms with E-state index in [1.807, 2.05) is 6.07 Å². The summed E-state index contributed by atoms with van der Waals surface area (Å²) in [6.45, 7) is 12.3. The van der Waals surface area contributed by atoms with Crippen molar-refractivity contribution in [1.82, 2.24) is 5.32 Å². The molecule has 0 heterocycles. The molecule has 0 bridgehead atoms. The highest BCUT2D eigenvalue weighted by atomic mass is 79.9. The first kappa shape index (κ1) is 17.0. The van der Waals surface area contributed by atoms with Crippen molar-refractivity contribution in [3.8, 4) is 0 Å². The molecule has 1 aromatic rings. The molecule has 0 radical (unpaired) electrons. The zero-order valence-corrected chi connectivity index (χ0v) is 14.9. The lowest BCUT2D eigenvalue weighted by atomic mass is 9.74. The summed E-state index contributed by atoms with van der Waals surface area (Å²) in [5.41, 5.74) is 1.44. The van der Waals surface area contributed by atoms with E-state index >= 15 is 0 Å². The van der Waals surface area contributed by atoms with Crippen LogP contribution in [0.25, 0.3) is 0 Å². The maximum atomic E-state index is 6.35. The Morgan fingerprint density at radius 3 is 2.37 bits per heavy atom. The maximum Gasteiger partial charge on any atom is 0.0449 e. The Morgan fingerprint density at radius 2 is 1.89 bits per heavy atom. The molecule has 0 aromatic heterocycles. The molecule has 0 saturated carbocycles. The van der Waals surface area contributed by atoms with Gasteiger partial charge in [-0.25, -0.2) is 0 Å². The largest absolute Gasteiger partial charge is 0.314 e. The van der Waals surface area contributed by atoms with Crippen molar-refractivity contribution in [2.24, 2.45) is 11.3 Å². The van der Waals surface area contributed by atoms with Crippen LogP contribution in [0.3, 0.4) is 0 Å². The number of hydrogen-bond acceptors (Lipinski definition) is 1. The maximum absolute atomic E-state index is 6.35. The van der Waals surface area contributed by atoms with Gasteiger partial charge in [-0.2, -0.15) is 0 Å². The fourth-order valence-electron chi connectivity index (χ4n) is 2.01. The minimum atomic E-state index is 0.210. The summed E-state index contributed by atoms with van der Waals surface area (Å²) in [5.74, 6) is 0.596. The Labute approximate surface area is 131 Å². The zero-order chi connectivity index (χ0) is 14.6. The van der Waals surface area contributed by atoms with Crippen molar-refractivity contribution in [2.75, 3.05) is 6.54 Å². The summed E-state index contributed by atoms with van der Waals surface area (Å²) in [6.07, 6.45) is 0.997. The Kier molecular flexibility index (Phi) is 6.35. The molecule has 3 heteroatoms. The van der Waals surface area contributed by atoms with Gasteiger partial charge in [0, 0.05) is 22.1 Å². The summed E-state index contributed by atoms with van der Waals surface area (Å²) in [7, 11) is 0. The SMILES string of the molecule is CC(C)NCC(C)(Cc1ccc(Br)cc1Cl)C(C)C. The molecule has 108 valence electrons. The fourth-order valence-corrected chi connectivity index (χ4v) is 2.75. The molecule has 0 amide bonds. The van der Waals surface area contributed by atoms with Crippen LogP contribution in [0.15, 0.2) is 22.7 Å². The van der Waals surface area contributed by atoms with Crippen LogP contribution in [0.2, 0.25) is 5.02 Å². The molecule has 1 nitrogen and oxygen atoms in total. The van der Waals surface area contributed by atoms with Crippen LogP contribution in [0.4, 0.5) is 0 Å². The van der Waals surface area contributed by atoms with Gasteiger partial charge in [0.2, 0.25) is 0 Å². The molecule has 0 aliphatic heterocycles. The molecule has 1 aromatic carbocycles.